The Hall–Kier alpha value is -1.61. The van der Waals surface area contributed by atoms with Gasteiger partial charge in [0.1, 0.15) is 11.4 Å². The summed E-state index contributed by atoms with van der Waals surface area (Å²) in [4.78, 5) is 11.7. The van der Waals surface area contributed by atoms with Crippen LogP contribution in [0.15, 0.2) is 39.5 Å². The molecule has 0 aliphatic carbocycles. The van der Waals surface area contributed by atoms with Crippen LogP contribution in [0.25, 0.3) is 10.8 Å². The molecule has 0 aliphatic heterocycles. The van der Waals surface area contributed by atoms with Crippen LogP contribution in [0, 0.1) is 0 Å². The quantitative estimate of drug-likeness (QED) is 0.778. The lowest BCUT2D eigenvalue weighted by Gasteiger charge is -2.21. The molecule has 0 fully saturated rings. The molecule has 84 valence electrons. The van der Waals surface area contributed by atoms with Crippen LogP contribution in [0.1, 0.15) is 19.6 Å². The van der Waals surface area contributed by atoms with Gasteiger partial charge in [0.15, 0.2) is 0 Å². The van der Waals surface area contributed by atoms with E-state index in [4.69, 9.17) is 9.15 Å². The Labute approximate surface area is 93.7 Å². The third-order valence-corrected chi connectivity index (χ3v) is 2.77. The molecule has 2 aromatic rings. The molecule has 0 bridgehead atoms. The van der Waals surface area contributed by atoms with Crippen molar-refractivity contribution in [1.29, 1.82) is 0 Å². The third kappa shape index (κ3) is 1.74. The molecule has 0 amide bonds. The lowest BCUT2D eigenvalue weighted by atomic mass is 10.0. The van der Waals surface area contributed by atoms with E-state index in [9.17, 15) is 4.79 Å². The Morgan fingerprint density at radius 2 is 1.94 bits per heavy atom. The van der Waals surface area contributed by atoms with Crippen LogP contribution < -0.4 is 5.63 Å². The molecule has 0 radical (unpaired) electrons. The van der Waals surface area contributed by atoms with Gasteiger partial charge in [-0.2, -0.15) is 0 Å². The van der Waals surface area contributed by atoms with Crippen molar-refractivity contribution in [3.05, 3.63) is 46.5 Å². The van der Waals surface area contributed by atoms with E-state index in [1.54, 1.807) is 13.2 Å². The van der Waals surface area contributed by atoms with E-state index in [1.165, 1.54) is 0 Å². The predicted octanol–water partition coefficient (Wildman–Crippen LogP) is 2.67. The number of methoxy groups -OCH3 is 1. The molecule has 1 heterocycles. The van der Waals surface area contributed by atoms with E-state index in [0.717, 1.165) is 5.39 Å². The second kappa shape index (κ2) is 3.76. The van der Waals surface area contributed by atoms with Crippen LogP contribution in [0.3, 0.4) is 0 Å². The van der Waals surface area contributed by atoms with Gasteiger partial charge in [-0.1, -0.05) is 18.2 Å². The normalized spacial score (nSPS) is 11.9. The van der Waals surface area contributed by atoms with Crippen LogP contribution in [0.2, 0.25) is 0 Å². The SMILES string of the molecule is COC(C)(C)c1cc2ccccc2c(=O)o1. The molecule has 3 heteroatoms. The second-order valence-corrected chi connectivity index (χ2v) is 4.20. The zero-order chi connectivity index (χ0) is 11.8. The Bertz CT molecular complexity index is 567. The lowest BCUT2D eigenvalue weighted by Crippen LogP contribution is -2.21. The first-order chi connectivity index (χ1) is 7.54. The average Bonchev–Trinajstić information content (AvgIpc) is 2.29. The molecular formula is C13H14O3. The molecule has 0 saturated carbocycles. The molecule has 1 aromatic heterocycles. The number of ether oxygens (including phenoxy) is 1. The Morgan fingerprint density at radius 1 is 1.25 bits per heavy atom. The van der Waals surface area contributed by atoms with Crippen LogP contribution in [0.4, 0.5) is 0 Å². The van der Waals surface area contributed by atoms with Crippen molar-refractivity contribution < 1.29 is 9.15 Å². The minimum atomic E-state index is -0.594. The van der Waals surface area contributed by atoms with Crippen molar-refractivity contribution in [3.8, 4) is 0 Å². The Morgan fingerprint density at radius 3 is 2.62 bits per heavy atom. The summed E-state index contributed by atoms with van der Waals surface area (Å²) >= 11 is 0. The maximum absolute atomic E-state index is 11.7. The molecule has 1 aromatic carbocycles. The maximum atomic E-state index is 11.7. The lowest BCUT2D eigenvalue weighted by molar-refractivity contribution is -0.00113. The standard InChI is InChI=1S/C13H14O3/c1-13(2,15-3)11-8-9-6-4-5-7-10(9)12(14)16-11/h4-8H,1-3H3. The van der Waals surface area contributed by atoms with Crippen LogP contribution in [-0.4, -0.2) is 7.11 Å². The summed E-state index contributed by atoms with van der Waals surface area (Å²) in [6.45, 7) is 3.72. The first-order valence-corrected chi connectivity index (χ1v) is 5.13. The number of benzene rings is 1. The topological polar surface area (TPSA) is 39.4 Å². The van der Waals surface area contributed by atoms with Gasteiger partial charge >= 0.3 is 5.63 Å². The van der Waals surface area contributed by atoms with Crippen LogP contribution in [0.5, 0.6) is 0 Å². The Balaban J connectivity index is 2.72. The number of rotatable bonds is 2. The highest BCUT2D eigenvalue weighted by Gasteiger charge is 2.23. The van der Waals surface area contributed by atoms with Crippen molar-refractivity contribution in [2.24, 2.45) is 0 Å². The van der Waals surface area contributed by atoms with E-state index in [0.29, 0.717) is 11.1 Å². The van der Waals surface area contributed by atoms with Crippen molar-refractivity contribution >= 4 is 10.8 Å². The molecule has 0 N–H and O–H groups in total. The minimum absolute atomic E-state index is 0.321. The fourth-order valence-corrected chi connectivity index (χ4v) is 1.53. The third-order valence-electron chi connectivity index (χ3n) is 2.77. The largest absolute Gasteiger partial charge is 0.424 e. The molecule has 0 saturated heterocycles. The van der Waals surface area contributed by atoms with Gasteiger partial charge in [-0.3, -0.25) is 0 Å². The van der Waals surface area contributed by atoms with E-state index in [2.05, 4.69) is 0 Å². The molecular weight excluding hydrogens is 204 g/mol. The van der Waals surface area contributed by atoms with E-state index < -0.39 is 5.60 Å². The first-order valence-electron chi connectivity index (χ1n) is 5.13. The molecule has 3 nitrogen and oxygen atoms in total. The van der Waals surface area contributed by atoms with E-state index >= 15 is 0 Å². The fourth-order valence-electron chi connectivity index (χ4n) is 1.53. The van der Waals surface area contributed by atoms with Crippen molar-refractivity contribution in [2.75, 3.05) is 7.11 Å². The van der Waals surface area contributed by atoms with Crippen molar-refractivity contribution in [2.45, 2.75) is 19.4 Å². The first kappa shape index (κ1) is 10.9. The highest BCUT2D eigenvalue weighted by atomic mass is 16.5. The van der Waals surface area contributed by atoms with Crippen molar-refractivity contribution in [3.63, 3.8) is 0 Å². The predicted molar refractivity (Wildman–Crippen MR) is 62.5 cm³/mol. The van der Waals surface area contributed by atoms with Gasteiger partial charge in [0.25, 0.3) is 0 Å². The number of fused-ring (bicyclic) bond motifs is 1. The molecule has 0 aliphatic rings. The van der Waals surface area contributed by atoms with Crippen LogP contribution in [-0.2, 0) is 10.3 Å². The highest BCUT2D eigenvalue weighted by Crippen LogP contribution is 2.24. The molecule has 16 heavy (non-hydrogen) atoms. The summed E-state index contributed by atoms with van der Waals surface area (Å²) in [7, 11) is 1.59. The summed E-state index contributed by atoms with van der Waals surface area (Å²) in [5, 5.41) is 1.47. The molecule has 0 spiro atoms. The molecule has 0 atom stereocenters. The van der Waals surface area contributed by atoms with Gasteiger partial charge in [0, 0.05) is 7.11 Å². The van der Waals surface area contributed by atoms with Gasteiger partial charge in [-0.25, -0.2) is 4.79 Å². The molecule has 0 unspecified atom stereocenters. The summed E-state index contributed by atoms with van der Waals surface area (Å²) in [5.41, 5.74) is -0.915. The fraction of sp³-hybridized carbons (Fsp3) is 0.308. The van der Waals surface area contributed by atoms with E-state index in [-0.39, 0.29) is 5.63 Å². The summed E-state index contributed by atoms with van der Waals surface area (Å²) in [6.07, 6.45) is 0. The molecule has 2 rings (SSSR count). The van der Waals surface area contributed by atoms with Gasteiger partial charge in [-0.05, 0) is 31.4 Å². The van der Waals surface area contributed by atoms with Gasteiger partial charge in [0.05, 0.1) is 5.39 Å². The number of hydrogen-bond donors (Lipinski definition) is 0. The zero-order valence-corrected chi connectivity index (χ0v) is 9.61. The van der Waals surface area contributed by atoms with Crippen molar-refractivity contribution in [1.82, 2.24) is 0 Å². The maximum Gasteiger partial charge on any atom is 0.343 e. The summed E-state index contributed by atoms with van der Waals surface area (Å²) < 4.78 is 10.6. The Kier molecular flexibility index (Phi) is 2.56. The van der Waals surface area contributed by atoms with Crippen LogP contribution >= 0.6 is 0 Å². The minimum Gasteiger partial charge on any atom is -0.424 e. The smallest absolute Gasteiger partial charge is 0.343 e. The summed E-state index contributed by atoms with van der Waals surface area (Å²) in [6, 6.07) is 9.21. The highest BCUT2D eigenvalue weighted by molar-refractivity contribution is 5.81. The van der Waals surface area contributed by atoms with Gasteiger partial charge < -0.3 is 9.15 Å². The monoisotopic (exact) mass is 218 g/mol. The van der Waals surface area contributed by atoms with Gasteiger partial charge in [0.2, 0.25) is 0 Å². The average molecular weight is 218 g/mol. The van der Waals surface area contributed by atoms with E-state index in [1.807, 2.05) is 38.1 Å². The van der Waals surface area contributed by atoms with Gasteiger partial charge in [-0.15, -0.1) is 0 Å². The second-order valence-electron chi connectivity index (χ2n) is 4.20. The zero-order valence-electron chi connectivity index (χ0n) is 9.61. The summed E-state index contributed by atoms with van der Waals surface area (Å²) in [5.74, 6) is 0.540. The number of hydrogen-bond acceptors (Lipinski definition) is 3.